The molecule has 0 spiro atoms. The number of methoxy groups -OCH3 is 1. The number of aromatic nitrogens is 2. The summed E-state index contributed by atoms with van der Waals surface area (Å²) in [5.74, 6) is -1.23. The molecule has 3 rings (SSSR count). The summed E-state index contributed by atoms with van der Waals surface area (Å²) in [6, 6.07) is 7.55. The maximum Gasteiger partial charge on any atom is 1.00 e. The Balaban J connectivity index is 0.00000208. The topological polar surface area (TPSA) is 110 Å². The molecule has 8 heteroatoms. The maximum absolute atomic E-state index is 12.6. The number of carbonyl (C=O) groups is 2. The first-order valence-corrected chi connectivity index (χ1v) is 6.68. The quantitative estimate of drug-likeness (QED) is 0.322. The molecule has 0 saturated carbocycles. The number of pyridine rings is 1. The van der Waals surface area contributed by atoms with Crippen molar-refractivity contribution in [3.8, 4) is 5.75 Å². The van der Waals surface area contributed by atoms with E-state index in [4.69, 9.17) is 10.5 Å². The van der Waals surface area contributed by atoms with Crippen molar-refractivity contribution in [2.75, 3.05) is 12.8 Å². The molecule has 0 aliphatic heterocycles. The second-order valence-electron chi connectivity index (χ2n) is 4.83. The minimum Gasteiger partial charge on any atom is -0.545 e. The standard InChI is InChI=1S/C16H13N3O4.Na/c1-23-13-7-9(4-5-11(13)17)14(20)15-18-8-12-10(16(21)22)3-2-6-19(12)15;/h2-8H,17H2,1H3,(H,21,22);/q;+1/p-1. The fraction of sp³-hybridized carbons (Fsp3) is 0.0625. The number of rotatable bonds is 4. The van der Waals surface area contributed by atoms with Crippen LogP contribution in [0.1, 0.15) is 26.5 Å². The number of imidazole rings is 1. The Hall–Kier alpha value is -2.35. The third-order valence-electron chi connectivity index (χ3n) is 3.49. The summed E-state index contributed by atoms with van der Waals surface area (Å²) in [5.41, 5.74) is 6.74. The average molecular weight is 333 g/mol. The fourth-order valence-electron chi connectivity index (χ4n) is 2.34. The number of aromatic carboxylic acids is 1. The third-order valence-corrected chi connectivity index (χ3v) is 3.49. The van der Waals surface area contributed by atoms with Crippen LogP contribution in [0.15, 0.2) is 42.7 Å². The molecule has 1 aromatic carbocycles. The Bertz CT molecular complexity index is 936. The summed E-state index contributed by atoms with van der Waals surface area (Å²) in [4.78, 5) is 27.8. The second kappa shape index (κ2) is 7.04. The van der Waals surface area contributed by atoms with E-state index >= 15 is 0 Å². The van der Waals surface area contributed by atoms with Crippen molar-refractivity contribution in [3.63, 3.8) is 0 Å². The van der Waals surface area contributed by atoms with Crippen molar-refractivity contribution in [2.24, 2.45) is 0 Å². The number of anilines is 1. The molecular formula is C16H12N3NaO4. The molecule has 3 aromatic rings. The molecule has 0 aliphatic carbocycles. The van der Waals surface area contributed by atoms with E-state index in [-0.39, 0.29) is 46.7 Å². The van der Waals surface area contributed by atoms with E-state index in [1.54, 1.807) is 18.3 Å². The normalized spacial score (nSPS) is 10.2. The van der Waals surface area contributed by atoms with Gasteiger partial charge in [-0.2, -0.15) is 0 Å². The van der Waals surface area contributed by atoms with Crippen LogP contribution in [0.5, 0.6) is 5.75 Å². The smallest absolute Gasteiger partial charge is 0.545 e. The van der Waals surface area contributed by atoms with E-state index in [9.17, 15) is 14.7 Å². The number of benzene rings is 1. The van der Waals surface area contributed by atoms with Gasteiger partial charge in [0.05, 0.1) is 30.5 Å². The SMILES string of the molecule is COc1cc(C(=O)c2ncc3c(C(=O)[O-])cccn23)ccc1N.[Na+]. The van der Waals surface area contributed by atoms with Crippen LogP contribution in [0, 0.1) is 0 Å². The van der Waals surface area contributed by atoms with E-state index < -0.39 is 5.97 Å². The first-order chi connectivity index (χ1) is 11.0. The van der Waals surface area contributed by atoms with Crippen molar-refractivity contribution in [3.05, 3.63) is 59.7 Å². The predicted molar refractivity (Wildman–Crippen MR) is 80.4 cm³/mol. The number of nitrogens with zero attached hydrogens (tertiary/aromatic N) is 2. The van der Waals surface area contributed by atoms with Gasteiger partial charge in [-0.1, -0.05) is 0 Å². The average Bonchev–Trinajstić information content (AvgIpc) is 2.98. The second-order valence-corrected chi connectivity index (χ2v) is 4.83. The molecule has 116 valence electrons. The van der Waals surface area contributed by atoms with E-state index in [0.717, 1.165) is 0 Å². The number of carboxylic acid groups (broad SMARTS) is 1. The van der Waals surface area contributed by atoms with Crippen molar-refractivity contribution in [1.82, 2.24) is 9.38 Å². The molecule has 2 heterocycles. The zero-order chi connectivity index (χ0) is 16.6. The molecule has 7 nitrogen and oxygen atoms in total. The molecule has 0 radical (unpaired) electrons. The minimum atomic E-state index is -1.33. The number of ether oxygens (including phenoxy) is 1. The molecule has 0 atom stereocenters. The monoisotopic (exact) mass is 333 g/mol. The van der Waals surface area contributed by atoms with Gasteiger partial charge in [-0.3, -0.25) is 9.20 Å². The van der Waals surface area contributed by atoms with Gasteiger partial charge in [0.1, 0.15) is 5.75 Å². The minimum absolute atomic E-state index is 0. The summed E-state index contributed by atoms with van der Waals surface area (Å²) in [5, 5.41) is 11.1. The molecule has 24 heavy (non-hydrogen) atoms. The van der Waals surface area contributed by atoms with Gasteiger partial charge >= 0.3 is 29.6 Å². The molecule has 0 aliphatic rings. The van der Waals surface area contributed by atoms with Gasteiger partial charge in [0.15, 0.2) is 5.82 Å². The van der Waals surface area contributed by atoms with Crippen LogP contribution in [-0.4, -0.2) is 28.2 Å². The van der Waals surface area contributed by atoms with Gasteiger partial charge in [0.25, 0.3) is 0 Å². The number of carbonyl (C=O) groups excluding carboxylic acids is 2. The zero-order valence-corrected chi connectivity index (χ0v) is 15.1. The summed E-state index contributed by atoms with van der Waals surface area (Å²) in [7, 11) is 1.46. The Morgan fingerprint density at radius 2 is 2.04 bits per heavy atom. The Morgan fingerprint density at radius 3 is 2.71 bits per heavy atom. The van der Waals surface area contributed by atoms with Gasteiger partial charge in [-0.15, -0.1) is 0 Å². The molecule has 2 aromatic heterocycles. The van der Waals surface area contributed by atoms with Gasteiger partial charge in [0.2, 0.25) is 5.78 Å². The van der Waals surface area contributed by atoms with Crippen LogP contribution in [0.3, 0.4) is 0 Å². The van der Waals surface area contributed by atoms with Crippen LogP contribution in [0.4, 0.5) is 5.69 Å². The first kappa shape index (κ1) is 18.0. The van der Waals surface area contributed by atoms with E-state index in [2.05, 4.69) is 4.98 Å². The molecule has 2 N–H and O–H groups in total. The zero-order valence-electron chi connectivity index (χ0n) is 13.1. The van der Waals surface area contributed by atoms with Crippen LogP contribution in [0.25, 0.3) is 5.52 Å². The number of nitrogens with two attached hydrogens (primary N) is 1. The van der Waals surface area contributed by atoms with Crippen LogP contribution in [0.2, 0.25) is 0 Å². The Labute approximate surface area is 159 Å². The number of carboxylic acids is 1. The van der Waals surface area contributed by atoms with Crippen LogP contribution >= 0.6 is 0 Å². The molecule has 0 amide bonds. The van der Waals surface area contributed by atoms with Gasteiger partial charge in [-0.05, 0) is 30.3 Å². The Kier molecular flexibility index (Phi) is 5.28. The molecule has 0 bridgehead atoms. The summed E-state index contributed by atoms with van der Waals surface area (Å²) in [6.07, 6.45) is 2.89. The molecule has 0 fully saturated rings. The van der Waals surface area contributed by atoms with Crippen molar-refractivity contribution in [1.29, 1.82) is 0 Å². The van der Waals surface area contributed by atoms with Crippen LogP contribution in [-0.2, 0) is 0 Å². The van der Waals surface area contributed by atoms with E-state index in [0.29, 0.717) is 22.5 Å². The molecule has 0 unspecified atom stereocenters. The van der Waals surface area contributed by atoms with Crippen molar-refractivity contribution < 1.29 is 49.0 Å². The van der Waals surface area contributed by atoms with E-state index in [1.807, 2.05) is 0 Å². The number of nitrogen functional groups attached to an aromatic ring is 1. The molecular weight excluding hydrogens is 321 g/mol. The van der Waals surface area contributed by atoms with Gasteiger partial charge in [-0.25, -0.2) is 4.98 Å². The van der Waals surface area contributed by atoms with Crippen molar-refractivity contribution >= 4 is 23.0 Å². The number of fused-ring (bicyclic) bond motifs is 1. The van der Waals surface area contributed by atoms with E-state index in [1.165, 1.54) is 35.9 Å². The number of hydrogen-bond acceptors (Lipinski definition) is 6. The summed E-state index contributed by atoms with van der Waals surface area (Å²) >= 11 is 0. The summed E-state index contributed by atoms with van der Waals surface area (Å²) in [6.45, 7) is 0. The van der Waals surface area contributed by atoms with Gasteiger partial charge in [0, 0.05) is 17.3 Å². The third kappa shape index (κ3) is 3.01. The first-order valence-electron chi connectivity index (χ1n) is 6.68. The fourth-order valence-corrected chi connectivity index (χ4v) is 2.34. The predicted octanol–water partition coefficient (Wildman–Crippen LogP) is -2.48. The maximum atomic E-state index is 12.6. The number of hydrogen-bond donors (Lipinski definition) is 1. The largest absolute Gasteiger partial charge is 1.00 e. The molecule has 0 saturated heterocycles. The summed E-state index contributed by atoms with van der Waals surface area (Å²) < 4.78 is 6.51. The Morgan fingerprint density at radius 1 is 1.29 bits per heavy atom. The van der Waals surface area contributed by atoms with Crippen LogP contribution < -0.4 is 45.1 Å². The number of ketones is 1. The van der Waals surface area contributed by atoms with Gasteiger partial charge < -0.3 is 20.4 Å². The van der Waals surface area contributed by atoms with Crippen molar-refractivity contribution in [2.45, 2.75) is 0 Å².